The molecule has 2 aromatic rings. The molecule has 1 heterocycles. The summed E-state index contributed by atoms with van der Waals surface area (Å²) in [6, 6.07) is 5.99. The molecular formula is C21H27FN2O6S. The normalized spacial score (nSPS) is 11.7. The fourth-order valence-electron chi connectivity index (χ4n) is 3.12. The third-order valence-corrected chi connectivity index (χ3v) is 6.66. The summed E-state index contributed by atoms with van der Waals surface area (Å²) in [5, 5.41) is 0. The summed E-state index contributed by atoms with van der Waals surface area (Å²) in [7, 11) is -1.16. The number of carbonyl (C=O) groups is 2. The van der Waals surface area contributed by atoms with E-state index in [1.165, 1.54) is 7.05 Å². The van der Waals surface area contributed by atoms with Crippen LogP contribution in [0.2, 0.25) is 0 Å². The summed E-state index contributed by atoms with van der Waals surface area (Å²) in [6.45, 7) is 3.93. The van der Waals surface area contributed by atoms with Gasteiger partial charge in [-0.25, -0.2) is 12.8 Å². The fraction of sp³-hybridized carbons (Fsp3) is 0.429. The molecule has 0 atom stereocenters. The van der Waals surface area contributed by atoms with Crippen LogP contribution in [0.3, 0.4) is 0 Å². The van der Waals surface area contributed by atoms with Crippen LogP contribution in [0.5, 0.6) is 0 Å². The van der Waals surface area contributed by atoms with E-state index in [4.69, 9.17) is 9.47 Å². The number of nitrogens with zero attached hydrogens (tertiary/aromatic N) is 2. The molecule has 0 unspecified atom stereocenters. The maximum atomic E-state index is 13.0. The lowest BCUT2D eigenvalue weighted by Gasteiger charge is -2.16. The Morgan fingerprint density at radius 2 is 1.81 bits per heavy atom. The van der Waals surface area contributed by atoms with E-state index in [2.05, 4.69) is 0 Å². The van der Waals surface area contributed by atoms with Crippen molar-refractivity contribution >= 4 is 21.8 Å². The molecule has 0 spiro atoms. The number of ketones is 1. The second-order valence-corrected chi connectivity index (χ2v) is 9.13. The predicted molar refractivity (Wildman–Crippen MR) is 112 cm³/mol. The first-order valence-electron chi connectivity index (χ1n) is 9.64. The molecule has 1 aromatic heterocycles. The zero-order valence-electron chi connectivity index (χ0n) is 18.1. The first-order chi connectivity index (χ1) is 14.6. The number of hydrogen-bond acceptors (Lipinski definition) is 6. The number of aryl methyl sites for hydroxylation is 1. The minimum absolute atomic E-state index is 0.152. The highest BCUT2D eigenvalue weighted by molar-refractivity contribution is 7.89. The molecule has 0 fully saturated rings. The third kappa shape index (κ3) is 6.22. The molecule has 0 amide bonds. The van der Waals surface area contributed by atoms with Crippen molar-refractivity contribution in [3.05, 3.63) is 53.1 Å². The monoisotopic (exact) mass is 454 g/mol. The summed E-state index contributed by atoms with van der Waals surface area (Å²) in [5.74, 6) is -1.81. The van der Waals surface area contributed by atoms with E-state index in [0.717, 1.165) is 46.4 Å². The molecule has 1 aromatic carbocycles. The number of ether oxygens (including phenoxy) is 2. The molecule has 0 aliphatic heterocycles. The predicted octanol–water partition coefficient (Wildman–Crippen LogP) is 2.33. The van der Waals surface area contributed by atoms with E-state index >= 15 is 0 Å². The van der Waals surface area contributed by atoms with E-state index in [0.29, 0.717) is 18.7 Å². The summed E-state index contributed by atoms with van der Waals surface area (Å²) < 4.78 is 50.7. The van der Waals surface area contributed by atoms with Gasteiger partial charge in [-0.1, -0.05) is 0 Å². The SMILES string of the molecule is COCCCn1c(C)cc(C(=O)COC(=O)CN(C)S(=O)(=O)c2ccc(F)cc2)c1C. The quantitative estimate of drug-likeness (QED) is 0.294. The number of hydrogen-bond donors (Lipinski definition) is 0. The first-order valence-corrected chi connectivity index (χ1v) is 11.1. The van der Waals surface area contributed by atoms with Crippen LogP contribution in [-0.2, 0) is 30.8 Å². The molecule has 8 nitrogen and oxygen atoms in total. The van der Waals surface area contributed by atoms with Gasteiger partial charge >= 0.3 is 5.97 Å². The van der Waals surface area contributed by atoms with Gasteiger partial charge in [0.25, 0.3) is 0 Å². The second-order valence-electron chi connectivity index (χ2n) is 7.08. The maximum Gasteiger partial charge on any atom is 0.321 e. The zero-order valence-corrected chi connectivity index (χ0v) is 18.9. The Labute approximate surface area is 181 Å². The lowest BCUT2D eigenvalue weighted by Crippen LogP contribution is -2.33. The number of Topliss-reactive ketones (excluding diaryl/α,β-unsaturated/α-hetero) is 1. The van der Waals surface area contributed by atoms with Crippen molar-refractivity contribution in [1.29, 1.82) is 0 Å². The van der Waals surface area contributed by atoms with Crippen molar-refractivity contribution in [2.75, 3.05) is 33.9 Å². The van der Waals surface area contributed by atoms with E-state index < -0.39 is 35.0 Å². The van der Waals surface area contributed by atoms with Crippen LogP contribution in [0.25, 0.3) is 0 Å². The van der Waals surface area contributed by atoms with Crippen molar-refractivity contribution < 1.29 is 31.9 Å². The molecule has 31 heavy (non-hydrogen) atoms. The minimum atomic E-state index is -3.99. The Morgan fingerprint density at radius 3 is 2.42 bits per heavy atom. The van der Waals surface area contributed by atoms with Gasteiger partial charge in [0.1, 0.15) is 12.4 Å². The van der Waals surface area contributed by atoms with Gasteiger partial charge in [0.05, 0.1) is 4.90 Å². The lowest BCUT2D eigenvalue weighted by molar-refractivity contribution is -0.142. The number of halogens is 1. The molecule has 10 heteroatoms. The summed E-state index contributed by atoms with van der Waals surface area (Å²) in [4.78, 5) is 24.5. The Kier molecular flexibility index (Phi) is 8.49. The van der Waals surface area contributed by atoms with Crippen molar-refractivity contribution in [3.63, 3.8) is 0 Å². The van der Waals surface area contributed by atoms with Gasteiger partial charge in [-0.2, -0.15) is 4.31 Å². The molecule has 0 aliphatic carbocycles. The number of carbonyl (C=O) groups excluding carboxylic acids is 2. The van der Waals surface area contributed by atoms with Crippen LogP contribution in [0.15, 0.2) is 35.2 Å². The summed E-state index contributed by atoms with van der Waals surface area (Å²) in [5.41, 5.74) is 2.13. The highest BCUT2D eigenvalue weighted by Gasteiger charge is 2.24. The van der Waals surface area contributed by atoms with Crippen molar-refractivity contribution in [2.24, 2.45) is 0 Å². The van der Waals surface area contributed by atoms with Gasteiger partial charge in [-0.15, -0.1) is 0 Å². The van der Waals surface area contributed by atoms with Crippen LogP contribution >= 0.6 is 0 Å². The van der Waals surface area contributed by atoms with Crippen LogP contribution in [0.4, 0.5) is 4.39 Å². The highest BCUT2D eigenvalue weighted by Crippen LogP contribution is 2.17. The highest BCUT2D eigenvalue weighted by atomic mass is 32.2. The average Bonchev–Trinajstić information content (AvgIpc) is 3.00. The molecule has 2 rings (SSSR count). The zero-order chi connectivity index (χ0) is 23.2. The molecule has 0 saturated heterocycles. The topological polar surface area (TPSA) is 94.9 Å². The van der Waals surface area contributed by atoms with Crippen molar-refractivity contribution in [3.8, 4) is 0 Å². The Bertz CT molecular complexity index is 1030. The summed E-state index contributed by atoms with van der Waals surface area (Å²) >= 11 is 0. The molecule has 0 aliphatic rings. The smallest absolute Gasteiger partial charge is 0.321 e. The standard InChI is InChI=1S/C21H27FN2O6S/c1-15-12-19(16(2)24(15)10-5-11-29-4)20(25)14-30-21(26)13-23(3)31(27,28)18-8-6-17(22)7-9-18/h6-9,12H,5,10-11,13-14H2,1-4H3. The van der Waals surface area contributed by atoms with Gasteiger partial charge in [0, 0.05) is 44.3 Å². The molecule has 170 valence electrons. The number of rotatable bonds is 11. The minimum Gasteiger partial charge on any atom is -0.456 e. The van der Waals surface area contributed by atoms with Gasteiger partial charge < -0.3 is 14.0 Å². The number of methoxy groups -OCH3 is 1. The Morgan fingerprint density at radius 1 is 1.16 bits per heavy atom. The average molecular weight is 455 g/mol. The van der Waals surface area contributed by atoms with Crippen LogP contribution in [-0.4, -0.2) is 63.0 Å². The number of likely N-dealkylation sites (N-methyl/N-ethyl adjacent to an activating group) is 1. The number of sulfonamides is 1. The molecule has 0 N–H and O–H groups in total. The van der Waals surface area contributed by atoms with Crippen LogP contribution in [0, 0.1) is 19.7 Å². The van der Waals surface area contributed by atoms with Crippen LogP contribution < -0.4 is 0 Å². The third-order valence-electron chi connectivity index (χ3n) is 4.84. The largest absolute Gasteiger partial charge is 0.456 e. The van der Waals surface area contributed by atoms with Gasteiger partial charge in [-0.3, -0.25) is 9.59 Å². The molecule has 0 radical (unpaired) electrons. The number of benzene rings is 1. The van der Waals surface area contributed by atoms with Crippen molar-refractivity contribution in [1.82, 2.24) is 8.87 Å². The fourth-order valence-corrected chi connectivity index (χ4v) is 4.23. The first kappa shape index (κ1) is 24.7. The Balaban J connectivity index is 1.96. The second kappa shape index (κ2) is 10.7. The molecule has 0 saturated carbocycles. The van der Waals surface area contributed by atoms with Gasteiger partial charge in [-0.05, 0) is 50.6 Å². The van der Waals surface area contributed by atoms with Crippen LogP contribution in [0.1, 0.15) is 28.2 Å². The van der Waals surface area contributed by atoms with Crippen molar-refractivity contribution in [2.45, 2.75) is 31.7 Å². The molecule has 0 bridgehead atoms. The maximum absolute atomic E-state index is 13.0. The lowest BCUT2D eigenvalue weighted by atomic mass is 10.1. The number of esters is 1. The van der Waals surface area contributed by atoms with Gasteiger partial charge in [0.2, 0.25) is 15.8 Å². The molecular weight excluding hydrogens is 427 g/mol. The summed E-state index contributed by atoms with van der Waals surface area (Å²) in [6.07, 6.45) is 0.796. The van der Waals surface area contributed by atoms with Gasteiger partial charge in [0.15, 0.2) is 6.61 Å². The number of aromatic nitrogens is 1. The van der Waals surface area contributed by atoms with E-state index in [1.807, 2.05) is 18.4 Å². The Hall–Kier alpha value is -2.56. The van der Waals surface area contributed by atoms with E-state index in [1.54, 1.807) is 13.2 Å². The van der Waals surface area contributed by atoms with E-state index in [9.17, 15) is 22.4 Å². The van der Waals surface area contributed by atoms with E-state index in [-0.39, 0.29) is 10.7 Å².